The summed E-state index contributed by atoms with van der Waals surface area (Å²) in [6, 6.07) is 2.36. The quantitative estimate of drug-likeness (QED) is 0.584. The molecule has 2 aromatic rings. The van der Waals surface area contributed by atoms with E-state index in [9.17, 15) is 14.5 Å². The topological polar surface area (TPSA) is 91.3 Å². The molecule has 7 nitrogen and oxygen atoms in total. The third-order valence-corrected chi connectivity index (χ3v) is 4.86. The van der Waals surface area contributed by atoms with E-state index >= 15 is 0 Å². The summed E-state index contributed by atoms with van der Waals surface area (Å²) in [5.74, 6) is 0.00217. The number of methoxy groups -OCH3 is 1. The molecule has 24 heavy (non-hydrogen) atoms. The van der Waals surface area contributed by atoms with Crippen LogP contribution in [0.4, 0.5) is 10.1 Å². The SMILES string of the molecule is COc1cc(F)c([N+](=O)[O-])c(Sc2nnc(C3CCCCC3)o2)c1. The summed E-state index contributed by atoms with van der Waals surface area (Å²) in [4.78, 5) is 10.4. The molecule has 0 unspecified atom stereocenters. The average Bonchev–Trinajstić information content (AvgIpc) is 3.03. The van der Waals surface area contributed by atoms with Crippen LogP contribution in [0.2, 0.25) is 0 Å². The Kier molecular flexibility index (Phi) is 4.98. The molecule has 0 N–H and O–H groups in total. The predicted molar refractivity (Wildman–Crippen MR) is 83.9 cm³/mol. The van der Waals surface area contributed by atoms with Gasteiger partial charge in [0, 0.05) is 18.1 Å². The largest absolute Gasteiger partial charge is 0.497 e. The lowest BCUT2D eigenvalue weighted by Crippen LogP contribution is -2.04. The van der Waals surface area contributed by atoms with Crippen LogP contribution in [0.1, 0.15) is 43.9 Å². The lowest BCUT2D eigenvalue weighted by molar-refractivity contribution is -0.390. The molecular weight excluding hydrogens is 337 g/mol. The van der Waals surface area contributed by atoms with Crippen molar-refractivity contribution in [1.82, 2.24) is 10.2 Å². The van der Waals surface area contributed by atoms with Crippen LogP contribution in [0.5, 0.6) is 5.75 Å². The second kappa shape index (κ2) is 7.16. The fraction of sp³-hybridized carbons (Fsp3) is 0.467. The molecule has 1 heterocycles. The molecule has 1 aliphatic rings. The van der Waals surface area contributed by atoms with Gasteiger partial charge >= 0.3 is 5.69 Å². The molecule has 1 fully saturated rings. The van der Waals surface area contributed by atoms with Crippen molar-refractivity contribution in [3.63, 3.8) is 0 Å². The second-order valence-electron chi connectivity index (χ2n) is 5.56. The van der Waals surface area contributed by atoms with Crippen LogP contribution in [0, 0.1) is 15.9 Å². The Bertz CT molecular complexity index is 746. The number of nitro benzene ring substituents is 1. The van der Waals surface area contributed by atoms with Crippen molar-refractivity contribution < 1.29 is 18.5 Å². The average molecular weight is 353 g/mol. The van der Waals surface area contributed by atoms with Crippen LogP contribution in [-0.4, -0.2) is 22.2 Å². The van der Waals surface area contributed by atoms with Gasteiger partial charge in [-0.2, -0.15) is 4.39 Å². The molecule has 3 rings (SSSR count). The lowest BCUT2D eigenvalue weighted by Gasteiger charge is -2.17. The Morgan fingerprint density at radius 3 is 2.75 bits per heavy atom. The Morgan fingerprint density at radius 1 is 1.33 bits per heavy atom. The van der Waals surface area contributed by atoms with Gasteiger partial charge in [-0.15, -0.1) is 10.2 Å². The number of halogens is 1. The maximum absolute atomic E-state index is 13.9. The van der Waals surface area contributed by atoms with Gasteiger partial charge in [-0.05, 0) is 24.6 Å². The molecule has 0 radical (unpaired) electrons. The first-order valence-corrected chi connectivity index (χ1v) is 8.43. The second-order valence-corrected chi connectivity index (χ2v) is 6.55. The number of rotatable bonds is 5. The van der Waals surface area contributed by atoms with Crippen molar-refractivity contribution in [2.24, 2.45) is 0 Å². The summed E-state index contributed by atoms with van der Waals surface area (Å²) in [6.45, 7) is 0. The summed E-state index contributed by atoms with van der Waals surface area (Å²) in [6.07, 6.45) is 5.46. The highest BCUT2D eigenvalue weighted by molar-refractivity contribution is 7.99. The van der Waals surface area contributed by atoms with Crippen molar-refractivity contribution >= 4 is 17.4 Å². The Morgan fingerprint density at radius 2 is 2.08 bits per heavy atom. The number of nitrogens with zero attached hydrogens (tertiary/aromatic N) is 3. The first-order chi connectivity index (χ1) is 11.6. The minimum Gasteiger partial charge on any atom is -0.497 e. The third-order valence-electron chi connectivity index (χ3n) is 3.99. The molecule has 1 aliphatic carbocycles. The Hall–Kier alpha value is -2.16. The molecule has 1 saturated carbocycles. The predicted octanol–water partition coefficient (Wildman–Crippen LogP) is 4.32. The highest BCUT2D eigenvalue weighted by atomic mass is 32.2. The smallest absolute Gasteiger partial charge is 0.319 e. The van der Waals surface area contributed by atoms with Gasteiger partial charge in [0.2, 0.25) is 11.7 Å². The minimum absolute atomic E-state index is 0.0655. The van der Waals surface area contributed by atoms with Gasteiger partial charge in [0.1, 0.15) is 10.6 Å². The summed E-state index contributed by atoms with van der Waals surface area (Å²) in [5, 5.41) is 19.3. The fourth-order valence-corrected chi connectivity index (χ4v) is 3.63. The maximum atomic E-state index is 13.9. The normalized spacial score (nSPS) is 15.4. The number of benzene rings is 1. The van der Waals surface area contributed by atoms with Crippen molar-refractivity contribution in [2.45, 2.75) is 48.1 Å². The summed E-state index contributed by atoms with van der Waals surface area (Å²) in [5.41, 5.74) is -0.627. The van der Waals surface area contributed by atoms with Crippen LogP contribution in [0.15, 0.2) is 26.7 Å². The van der Waals surface area contributed by atoms with E-state index in [1.54, 1.807) is 0 Å². The monoisotopic (exact) mass is 353 g/mol. The molecule has 0 bridgehead atoms. The number of aromatic nitrogens is 2. The molecular formula is C15H16FN3O4S. The van der Waals surface area contributed by atoms with Crippen LogP contribution in [-0.2, 0) is 0 Å². The van der Waals surface area contributed by atoms with Gasteiger partial charge in [-0.3, -0.25) is 10.1 Å². The molecule has 0 amide bonds. The fourth-order valence-electron chi connectivity index (χ4n) is 2.79. The standard InChI is InChI=1S/C15H16FN3O4S/c1-22-10-7-11(16)13(19(20)21)12(8-10)24-15-18-17-14(23-15)9-5-3-2-4-6-9/h7-9H,2-6H2,1H3. The molecule has 0 saturated heterocycles. The zero-order chi connectivity index (χ0) is 17.1. The van der Waals surface area contributed by atoms with Crippen LogP contribution in [0.25, 0.3) is 0 Å². The van der Waals surface area contributed by atoms with Crippen molar-refractivity contribution in [1.29, 1.82) is 0 Å². The number of hydrogen-bond acceptors (Lipinski definition) is 7. The van der Waals surface area contributed by atoms with Crippen LogP contribution >= 0.6 is 11.8 Å². The highest BCUT2D eigenvalue weighted by Gasteiger charge is 2.26. The van der Waals surface area contributed by atoms with Crippen molar-refractivity contribution in [3.05, 3.63) is 34.0 Å². The Balaban J connectivity index is 1.86. The van der Waals surface area contributed by atoms with Crippen molar-refractivity contribution in [3.8, 4) is 5.75 Å². The lowest BCUT2D eigenvalue weighted by atomic mass is 9.89. The van der Waals surface area contributed by atoms with Gasteiger partial charge in [-0.1, -0.05) is 19.3 Å². The van der Waals surface area contributed by atoms with E-state index in [4.69, 9.17) is 9.15 Å². The number of hydrogen-bond donors (Lipinski definition) is 0. The van der Waals surface area contributed by atoms with E-state index in [1.807, 2.05) is 0 Å². The van der Waals surface area contributed by atoms with Gasteiger partial charge in [-0.25, -0.2) is 0 Å². The van der Waals surface area contributed by atoms with E-state index in [2.05, 4.69) is 10.2 Å². The number of nitro groups is 1. The highest BCUT2D eigenvalue weighted by Crippen LogP contribution is 2.40. The molecule has 0 aliphatic heterocycles. The zero-order valence-corrected chi connectivity index (χ0v) is 13.8. The van der Waals surface area contributed by atoms with E-state index in [0.717, 1.165) is 43.5 Å². The molecule has 0 atom stereocenters. The van der Waals surface area contributed by atoms with Gasteiger partial charge in [0.05, 0.1) is 12.0 Å². The van der Waals surface area contributed by atoms with Gasteiger partial charge in [0.25, 0.3) is 5.22 Å². The van der Waals surface area contributed by atoms with Gasteiger partial charge in [0.15, 0.2) is 0 Å². The number of ether oxygens (including phenoxy) is 1. The van der Waals surface area contributed by atoms with Crippen molar-refractivity contribution in [2.75, 3.05) is 7.11 Å². The van der Waals surface area contributed by atoms with E-state index < -0.39 is 16.4 Å². The Labute approximate surface area is 141 Å². The summed E-state index contributed by atoms with van der Waals surface area (Å²) < 4.78 is 24.5. The molecule has 128 valence electrons. The molecule has 9 heteroatoms. The van der Waals surface area contributed by atoms with E-state index in [0.29, 0.717) is 5.89 Å². The van der Waals surface area contributed by atoms with E-state index in [1.165, 1.54) is 19.6 Å². The zero-order valence-electron chi connectivity index (χ0n) is 13.0. The first-order valence-electron chi connectivity index (χ1n) is 7.61. The molecule has 1 aromatic carbocycles. The van der Waals surface area contributed by atoms with Crippen LogP contribution in [0.3, 0.4) is 0 Å². The molecule has 0 spiro atoms. The van der Waals surface area contributed by atoms with E-state index in [-0.39, 0.29) is 21.8 Å². The van der Waals surface area contributed by atoms with Crippen LogP contribution < -0.4 is 4.74 Å². The summed E-state index contributed by atoms with van der Waals surface area (Å²) >= 11 is 0.869. The third kappa shape index (κ3) is 3.50. The maximum Gasteiger partial charge on any atom is 0.319 e. The molecule has 1 aromatic heterocycles. The summed E-state index contributed by atoms with van der Waals surface area (Å²) in [7, 11) is 1.36. The first kappa shape index (κ1) is 16.7. The van der Waals surface area contributed by atoms with Gasteiger partial charge < -0.3 is 9.15 Å². The minimum atomic E-state index is -0.964.